The molecule has 1 aliphatic rings. The number of rotatable bonds is 9. The highest BCUT2D eigenvalue weighted by molar-refractivity contribution is 5.79. The van der Waals surface area contributed by atoms with Gasteiger partial charge in [0.1, 0.15) is 11.6 Å². The Morgan fingerprint density at radius 3 is 2.55 bits per heavy atom. The largest absolute Gasteiger partial charge is 0.357 e. The van der Waals surface area contributed by atoms with E-state index >= 15 is 0 Å². The van der Waals surface area contributed by atoms with Gasteiger partial charge in [-0.3, -0.25) is 4.99 Å². The number of nitrogens with one attached hydrogen (secondary N) is 2. The first-order valence-electron chi connectivity index (χ1n) is 12.4. The van der Waals surface area contributed by atoms with Gasteiger partial charge in [0.15, 0.2) is 5.96 Å². The summed E-state index contributed by atoms with van der Waals surface area (Å²) < 4.78 is 2.32. The predicted octanol–water partition coefficient (Wildman–Crippen LogP) is 4.13. The van der Waals surface area contributed by atoms with Gasteiger partial charge in [-0.1, -0.05) is 67.1 Å². The van der Waals surface area contributed by atoms with Gasteiger partial charge in [-0.25, -0.2) is 0 Å². The lowest BCUT2D eigenvalue weighted by Gasteiger charge is -2.17. The second kappa shape index (κ2) is 12.2. The first-order valence-corrected chi connectivity index (χ1v) is 12.4. The van der Waals surface area contributed by atoms with Crippen molar-refractivity contribution in [2.75, 3.05) is 19.6 Å². The van der Waals surface area contributed by atoms with E-state index in [1.165, 1.54) is 30.4 Å². The molecule has 0 bridgehead atoms. The van der Waals surface area contributed by atoms with Crippen LogP contribution >= 0.6 is 0 Å². The molecule has 0 aliphatic carbocycles. The Labute approximate surface area is 197 Å². The monoisotopic (exact) mass is 444 g/mol. The van der Waals surface area contributed by atoms with Crippen molar-refractivity contribution in [3.63, 3.8) is 0 Å². The molecule has 2 heterocycles. The summed E-state index contributed by atoms with van der Waals surface area (Å²) in [6, 6.07) is 21.4. The molecule has 0 spiro atoms. The van der Waals surface area contributed by atoms with Gasteiger partial charge in [0.2, 0.25) is 0 Å². The highest BCUT2D eigenvalue weighted by Crippen LogP contribution is 2.21. The van der Waals surface area contributed by atoms with E-state index in [0.29, 0.717) is 5.92 Å². The molecule has 6 nitrogen and oxygen atoms in total. The van der Waals surface area contributed by atoms with Crippen molar-refractivity contribution in [1.29, 1.82) is 0 Å². The second-order valence-electron chi connectivity index (χ2n) is 8.69. The van der Waals surface area contributed by atoms with Crippen LogP contribution in [0.25, 0.3) is 0 Å². The molecule has 6 heteroatoms. The SMILES string of the molecule is CCNC(=NCC(Cc1ccccc1)c1ccccc1)NCCc1nnc2n1CCCCC2. The lowest BCUT2D eigenvalue weighted by molar-refractivity contribution is 0.600. The lowest BCUT2D eigenvalue weighted by atomic mass is 9.92. The van der Waals surface area contributed by atoms with Crippen LogP contribution in [0, 0.1) is 0 Å². The molecule has 1 unspecified atom stereocenters. The molecule has 0 saturated heterocycles. The van der Waals surface area contributed by atoms with Crippen molar-refractivity contribution in [3.8, 4) is 0 Å². The number of aliphatic imine (C=N–C) groups is 1. The smallest absolute Gasteiger partial charge is 0.191 e. The number of aromatic nitrogens is 3. The topological polar surface area (TPSA) is 67.1 Å². The van der Waals surface area contributed by atoms with Crippen LogP contribution < -0.4 is 10.6 Å². The van der Waals surface area contributed by atoms with Crippen LogP contribution in [-0.4, -0.2) is 40.4 Å². The minimum Gasteiger partial charge on any atom is -0.357 e. The van der Waals surface area contributed by atoms with Crippen LogP contribution in [0.15, 0.2) is 65.7 Å². The Morgan fingerprint density at radius 1 is 0.970 bits per heavy atom. The highest BCUT2D eigenvalue weighted by Gasteiger charge is 2.15. The van der Waals surface area contributed by atoms with Gasteiger partial charge < -0.3 is 15.2 Å². The van der Waals surface area contributed by atoms with Gasteiger partial charge in [-0.15, -0.1) is 10.2 Å². The minimum absolute atomic E-state index is 0.330. The number of nitrogens with zero attached hydrogens (tertiary/aromatic N) is 4. The number of guanidine groups is 1. The molecule has 1 atom stereocenters. The number of fused-ring (bicyclic) bond motifs is 1. The Kier molecular flexibility index (Phi) is 8.50. The van der Waals surface area contributed by atoms with Crippen LogP contribution in [0.5, 0.6) is 0 Å². The standard InChI is InChI=1S/C27H36N6/c1-2-28-27(29-18-17-26-32-31-25-16-10-5-11-19-33(25)26)30-21-24(23-14-8-4-9-15-23)20-22-12-6-3-7-13-22/h3-4,6-9,12-15,24H,2,5,10-11,16-21H2,1H3,(H2,28,29,30). The fraction of sp³-hybridized carbons (Fsp3) is 0.444. The van der Waals surface area contributed by atoms with Gasteiger partial charge in [0.25, 0.3) is 0 Å². The third kappa shape index (κ3) is 6.67. The van der Waals surface area contributed by atoms with Gasteiger partial charge in [-0.05, 0) is 37.3 Å². The maximum Gasteiger partial charge on any atom is 0.191 e. The van der Waals surface area contributed by atoms with Gasteiger partial charge in [-0.2, -0.15) is 0 Å². The van der Waals surface area contributed by atoms with E-state index < -0.39 is 0 Å². The molecule has 174 valence electrons. The quantitative estimate of drug-likeness (QED) is 0.385. The maximum absolute atomic E-state index is 4.96. The number of hydrogen-bond acceptors (Lipinski definition) is 3. The summed E-state index contributed by atoms with van der Waals surface area (Å²) >= 11 is 0. The average Bonchev–Trinajstić information content (AvgIpc) is 3.08. The van der Waals surface area contributed by atoms with Crippen molar-refractivity contribution < 1.29 is 0 Å². The zero-order valence-corrected chi connectivity index (χ0v) is 19.7. The van der Waals surface area contributed by atoms with E-state index in [4.69, 9.17) is 4.99 Å². The number of benzene rings is 2. The van der Waals surface area contributed by atoms with Gasteiger partial charge in [0.05, 0.1) is 0 Å². The molecule has 2 aromatic carbocycles. The molecule has 2 N–H and O–H groups in total. The maximum atomic E-state index is 4.96. The molecule has 0 amide bonds. The molecule has 0 radical (unpaired) electrons. The summed E-state index contributed by atoms with van der Waals surface area (Å²) in [7, 11) is 0. The second-order valence-corrected chi connectivity index (χ2v) is 8.69. The van der Waals surface area contributed by atoms with Crippen LogP contribution in [0.1, 0.15) is 54.9 Å². The molecular weight excluding hydrogens is 408 g/mol. The Balaban J connectivity index is 1.39. The fourth-order valence-corrected chi connectivity index (χ4v) is 4.48. The summed E-state index contributed by atoms with van der Waals surface area (Å²) in [5, 5.41) is 15.8. The first kappa shape index (κ1) is 23.0. The van der Waals surface area contributed by atoms with Gasteiger partial charge in [0, 0.05) is 44.9 Å². The van der Waals surface area contributed by atoms with Crippen LogP contribution in [-0.2, 0) is 25.8 Å². The highest BCUT2D eigenvalue weighted by atomic mass is 15.3. The van der Waals surface area contributed by atoms with E-state index in [-0.39, 0.29) is 0 Å². The molecule has 0 fully saturated rings. The summed E-state index contributed by atoms with van der Waals surface area (Å²) in [5.41, 5.74) is 2.67. The van der Waals surface area contributed by atoms with Crippen molar-refractivity contribution in [1.82, 2.24) is 25.4 Å². The summed E-state index contributed by atoms with van der Waals surface area (Å²) in [4.78, 5) is 4.96. The van der Waals surface area contributed by atoms with Crippen molar-refractivity contribution >= 4 is 5.96 Å². The van der Waals surface area contributed by atoms with Crippen molar-refractivity contribution in [3.05, 3.63) is 83.4 Å². The van der Waals surface area contributed by atoms with E-state index in [1.807, 2.05) is 0 Å². The number of hydrogen-bond donors (Lipinski definition) is 2. The normalized spacial score (nSPS) is 14.9. The predicted molar refractivity (Wildman–Crippen MR) is 135 cm³/mol. The average molecular weight is 445 g/mol. The van der Waals surface area contributed by atoms with Crippen LogP contribution in [0.3, 0.4) is 0 Å². The zero-order valence-electron chi connectivity index (χ0n) is 19.7. The zero-order chi connectivity index (χ0) is 22.7. The van der Waals surface area contributed by atoms with Crippen molar-refractivity contribution in [2.24, 2.45) is 4.99 Å². The number of aryl methyl sites for hydroxylation is 1. The summed E-state index contributed by atoms with van der Waals surface area (Å²) in [5.74, 6) is 3.43. The minimum atomic E-state index is 0.330. The third-order valence-corrected chi connectivity index (χ3v) is 6.24. The van der Waals surface area contributed by atoms with E-state index in [9.17, 15) is 0 Å². The lowest BCUT2D eigenvalue weighted by Crippen LogP contribution is -2.39. The molecule has 0 saturated carbocycles. The molecule has 33 heavy (non-hydrogen) atoms. The molecule has 4 rings (SSSR count). The third-order valence-electron chi connectivity index (χ3n) is 6.24. The fourth-order valence-electron chi connectivity index (χ4n) is 4.48. The van der Waals surface area contributed by atoms with Crippen LogP contribution in [0.2, 0.25) is 0 Å². The molecule has 3 aromatic rings. The van der Waals surface area contributed by atoms with E-state index in [0.717, 1.165) is 63.0 Å². The first-order chi connectivity index (χ1) is 16.3. The molecular formula is C27H36N6. The molecule has 1 aromatic heterocycles. The Bertz CT molecular complexity index is 996. The van der Waals surface area contributed by atoms with E-state index in [2.05, 4.69) is 93.0 Å². The summed E-state index contributed by atoms with van der Waals surface area (Å²) in [6.45, 7) is 5.51. The Morgan fingerprint density at radius 2 is 1.76 bits per heavy atom. The molecule has 1 aliphatic heterocycles. The summed E-state index contributed by atoms with van der Waals surface area (Å²) in [6.07, 6.45) is 6.59. The van der Waals surface area contributed by atoms with E-state index in [1.54, 1.807) is 0 Å². The van der Waals surface area contributed by atoms with Crippen molar-refractivity contribution in [2.45, 2.75) is 57.9 Å². The van der Waals surface area contributed by atoms with Crippen LogP contribution in [0.4, 0.5) is 0 Å². The van der Waals surface area contributed by atoms with Gasteiger partial charge >= 0.3 is 0 Å². The Hall–Kier alpha value is -3.15.